The van der Waals surface area contributed by atoms with Gasteiger partial charge in [0, 0.05) is 28.7 Å². The molecule has 0 unspecified atom stereocenters. The number of hydrogen-bond acceptors (Lipinski definition) is 5. The summed E-state index contributed by atoms with van der Waals surface area (Å²) in [6, 6.07) is 11.1. The molecule has 0 saturated carbocycles. The molecule has 0 aliphatic rings. The van der Waals surface area contributed by atoms with E-state index in [0.717, 1.165) is 28.5 Å². The molecule has 3 aromatic rings. The van der Waals surface area contributed by atoms with Crippen LogP contribution in [0.25, 0.3) is 10.9 Å². The van der Waals surface area contributed by atoms with E-state index in [0.29, 0.717) is 4.47 Å². The molecule has 0 saturated heterocycles. The SMILES string of the molecule is CC(C)(C)CC(C)(C)c1cc(Br)c(OCC(=O)N/N=C/c2c[nH]c3ccccc23)c([N+](=O)[O-])c1. The van der Waals surface area contributed by atoms with Gasteiger partial charge in [-0.15, -0.1) is 0 Å². The predicted octanol–water partition coefficient (Wildman–Crippen LogP) is 6.08. The number of nitrogens with zero attached hydrogens (tertiary/aromatic N) is 2. The molecule has 0 atom stereocenters. The van der Waals surface area contributed by atoms with E-state index in [2.05, 4.69) is 66.1 Å². The normalized spacial score (nSPS) is 12.3. The van der Waals surface area contributed by atoms with E-state index in [1.54, 1.807) is 6.20 Å². The smallest absolute Gasteiger partial charge is 0.312 e. The zero-order chi connectivity index (χ0) is 25.1. The number of para-hydroxylation sites is 1. The fraction of sp³-hybridized carbons (Fsp3) is 0.360. The first-order valence-corrected chi connectivity index (χ1v) is 11.7. The third kappa shape index (κ3) is 6.22. The summed E-state index contributed by atoms with van der Waals surface area (Å²) in [5.41, 5.74) is 4.56. The summed E-state index contributed by atoms with van der Waals surface area (Å²) < 4.78 is 5.96. The van der Waals surface area contributed by atoms with Gasteiger partial charge < -0.3 is 9.72 Å². The number of carbonyl (C=O) groups is 1. The maximum absolute atomic E-state index is 12.2. The molecule has 2 N–H and O–H groups in total. The van der Waals surface area contributed by atoms with Crippen molar-refractivity contribution in [3.05, 3.63) is 68.3 Å². The first kappa shape index (κ1) is 25.4. The Balaban J connectivity index is 1.71. The molecule has 0 spiro atoms. The van der Waals surface area contributed by atoms with Crippen LogP contribution in [-0.2, 0) is 10.2 Å². The number of aromatic nitrogens is 1. The monoisotopic (exact) mass is 528 g/mol. The number of hydrazone groups is 1. The Morgan fingerprint density at radius 2 is 1.94 bits per heavy atom. The van der Waals surface area contributed by atoms with E-state index < -0.39 is 17.4 Å². The molecule has 34 heavy (non-hydrogen) atoms. The highest BCUT2D eigenvalue weighted by atomic mass is 79.9. The number of benzene rings is 2. The van der Waals surface area contributed by atoms with Crippen molar-refractivity contribution in [1.82, 2.24) is 10.4 Å². The highest BCUT2D eigenvalue weighted by Gasteiger charge is 2.31. The van der Waals surface area contributed by atoms with Crippen LogP contribution in [0.4, 0.5) is 5.69 Å². The number of nitro groups is 1. The summed E-state index contributed by atoms with van der Waals surface area (Å²) in [4.78, 5) is 26.6. The number of nitro benzene ring substituents is 1. The molecule has 0 aliphatic heterocycles. The first-order valence-electron chi connectivity index (χ1n) is 10.9. The minimum atomic E-state index is -0.533. The Morgan fingerprint density at radius 1 is 1.24 bits per heavy atom. The first-order chi connectivity index (χ1) is 15.9. The minimum Gasteiger partial charge on any atom is -0.476 e. The predicted molar refractivity (Wildman–Crippen MR) is 137 cm³/mol. The number of H-pyrrole nitrogens is 1. The number of aromatic amines is 1. The van der Waals surface area contributed by atoms with Crippen molar-refractivity contribution >= 4 is 44.6 Å². The Morgan fingerprint density at radius 3 is 2.62 bits per heavy atom. The Labute approximate surface area is 207 Å². The topological polar surface area (TPSA) is 110 Å². The molecule has 1 amide bonds. The fourth-order valence-corrected chi connectivity index (χ4v) is 4.78. The van der Waals surface area contributed by atoms with E-state index in [9.17, 15) is 14.9 Å². The molecule has 0 bridgehead atoms. The third-order valence-corrected chi connectivity index (χ3v) is 5.93. The lowest BCUT2D eigenvalue weighted by Gasteiger charge is -2.33. The number of halogens is 1. The van der Waals surface area contributed by atoms with Gasteiger partial charge in [-0.25, -0.2) is 5.43 Å². The van der Waals surface area contributed by atoms with E-state index in [4.69, 9.17) is 4.74 Å². The summed E-state index contributed by atoms with van der Waals surface area (Å²) in [5, 5.41) is 16.7. The lowest BCUT2D eigenvalue weighted by atomic mass is 9.72. The van der Waals surface area contributed by atoms with Crippen molar-refractivity contribution in [3.8, 4) is 5.75 Å². The van der Waals surface area contributed by atoms with Gasteiger partial charge in [-0.05, 0) is 50.9 Å². The van der Waals surface area contributed by atoms with E-state index in [-0.39, 0.29) is 22.3 Å². The molecule has 1 aromatic heterocycles. The average molecular weight is 529 g/mol. The average Bonchev–Trinajstić information content (AvgIpc) is 3.13. The van der Waals surface area contributed by atoms with Crippen molar-refractivity contribution in [2.75, 3.05) is 6.61 Å². The van der Waals surface area contributed by atoms with Crippen LogP contribution < -0.4 is 10.2 Å². The van der Waals surface area contributed by atoms with Crippen molar-refractivity contribution in [3.63, 3.8) is 0 Å². The van der Waals surface area contributed by atoms with Gasteiger partial charge >= 0.3 is 5.69 Å². The molecule has 8 nitrogen and oxygen atoms in total. The van der Waals surface area contributed by atoms with Crippen LogP contribution in [-0.4, -0.2) is 28.6 Å². The highest BCUT2D eigenvalue weighted by Crippen LogP contribution is 2.43. The second-order valence-electron chi connectivity index (χ2n) is 10.1. The van der Waals surface area contributed by atoms with Crippen molar-refractivity contribution < 1.29 is 14.5 Å². The van der Waals surface area contributed by atoms with Gasteiger partial charge in [0.1, 0.15) is 0 Å². The molecule has 1 heterocycles. The van der Waals surface area contributed by atoms with Crippen LogP contribution in [0.5, 0.6) is 5.75 Å². The number of ether oxygens (including phenoxy) is 1. The number of rotatable bonds is 8. The Kier molecular flexibility index (Phi) is 7.45. The largest absolute Gasteiger partial charge is 0.476 e. The molecule has 0 aliphatic carbocycles. The van der Waals surface area contributed by atoms with Crippen molar-refractivity contribution in [1.29, 1.82) is 0 Å². The van der Waals surface area contributed by atoms with Gasteiger partial charge in [0.25, 0.3) is 5.91 Å². The maximum Gasteiger partial charge on any atom is 0.312 e. The van der Waals surface area contributed by atoms with Crippen LogP contribution in [0.1, 0.15) is 52.2 Å². The van der Waals surface area contributed by atoms with Crippen molar-refractivity contribution in [2.24, 2.45) is 10.5 Å². The minimum absolute atomic E-state index is 0.0102. The summed E-state index contributed by atoms with van der Waals surface area (Å²) >= 11 is 3.40. The zero-order valence-electron chi connectivity index (χ0n) is 19.9. The quantitative estimate of drug-likeness (QED) is 0.209. The number of carbonyl (C=O) groups excluding carboxylic acids is 1. The molecule has 3 rings (SSSR count). The summed E-state index contributed by atoms with van der Waals surface area (Å²) in [6.45, 7) is 10.1. The second kappa shape index (κ2) is 9.97. The molecule has 0 fully saturated rings. The van der Waals surface area contributed by atoms with E-state index in [1.165, 1.54) is 12.3 Å². The number of amides is 1. The number of hydrogen-bond donors (Lipinski definition) is 2. The molecular weight excluding hydrogens is 500 g/mol. The Hall–Kier alpha value is -3.20. The van der Waals surface area contributed by atoms with Crippen LogP contribution in [0.2, 0.25) is 0 Å². The standard InChI is InChI=1S/C25H29BrN4O4/c1-24(2,3)15-25(4,5)17-10-19(26)23(21(11-17)30(32)33)34-14-22(31)29-28-13-16-12-27-20-9-7-6-8-18(16)20/h6-13,27H,14-15H2,1-5H3,(H,29,31)/b28-13+. The van der Waals surface area contributed by atoms with E-state index in [1.807, 2.05) is 30.3 Å². The third-order valence-electron chi connectivity index (χ3n) is 5.34. The lowest BCUT2D eigenvalue weighted by Crippen LogP contribution is -2.26. The molecule has 2 aromatic carbocycles. The van der Waals surface area contributed by atoms with Gasteiger partial charge in [0.05, 0.1) is 15.6 Å². The highest BCUT2D eigenvalue weighted by molar-refractivity contribution is 9.10. The summed E-state index contributed by atoms with van der Waals surface area (Å²) in [5.74, 6) is -0.523. The Bertz CT molecular complexity index is 1240. The number of fused-ring (bicyclic) bond motifs is 1. The van der Waals surface area contributed by atoms with Crippen LogP contribution in [0.3, 0.4) is 0 Å². The zero-order valence-corrected chi connectivity index (χ0v) is 21.5. The van der Waals surface area contributed by atoms with Gasteiger partial charge in [0.15, 0.2) is 6.61 Å². The summed E-state index contributed by atoms with van der Waals surface area (Å²) in [6.07, 6.45) is 4.15. The van der Waals surface area contributed by atoms with Gasteiger partial charge in [-0.1, -0.05) is 52.8 Å². The van der Waals surface area contributed by atoms with Gasteiger partial charge in [0.2, 0.25) is 5.75 Å². The summed E-state index contributed by atoms with van der Waals surface area (Å²) in [7, 11) is 0. The van der Waals surface area contributed by atoms with Gasteiger partial charge in [-0.2, -0.15) is 5.10 Å². The van der Waals surface area contributed by atoms with Crippen molar-refractivity contribution in [2.45, 2.75) is 46.5 Å². The molecule has 180 valence electrons. The molecule has 0 radical (unpaired) electrons. The van der Waals surface area contributed by atoms with Crippen LogP contribution in [0, 0.1) is 15.5 Å². The molecular formula is C25H29BrN4O4. The van der Waals surface area contributed by atoms with Crippen LogP contribution in [0.15, 0.2) is 52.2 Å². The van der Waals surface area contributed by atoms with Crippen LogP contribution >= 0.6 is 15.9 Å². The maximum atomic E-state index is 12.2. The number of nitrogens with one attached hydrogen (secondary N) is 2. The van der Waals surface area contributed by atoms with E-state index >= 15 is 0 Å². The van der Waals surface area contributed by atoms with Gasteiger partial charge in [-0.3, -0.25) is 14.9 Å². The lowest BCUT2D eigenvalue weighted by molar-refractivity contribution is -0.386. The fourth-order valence-electron chi connectivity index (χ4n) is 4.22. The second-order valence-corrected chi connectivity index (χ2v) is 10.9. The molecule has 9 heteroatoms.